The zero-order valence-corrected chi connectivity index (χ0v) is 19.5. The van der Waals surface area contributed by atoms with Gasteiger partial charge in [-0.2, -0.15) is 0 Å². The van der Waals surface area contributed by atoms with Gasteiger partial charge in [-0.15, -0.1) is 0 Å². The predicted molar refractivity (Wildman–Crippen MR) is 116 cm³/mol. The minimum atomic E-state index is -4.01. The summed E-state index contributed by atoms with van der Waals surface area (Å²) >= 11 is 0. The molecule has 0 saturated heterocycles. The molecule has 164 valence electrons. The van der Waals surface area contributed by atoms with Crippen LogP contribution in [-0.4, -0.2) is 40.6 Å². The average Bonchev–Trinajstić information content (AvgIpc) is 2.66. The van der Waals surface area contributed by atoms with E-state index >= 15 is 0 Å². The van der Waals surface area contributed by atoms with E-state index in [0.29, 0.717) is 11.1 Å². The minimum Gasteiger partial charge on any atom is -0.312 e. The van der Waals surface area contributed by atoms with Gasteiger partial charge in [-0.3, -0.25) is 9.36 Å². The molecule has 0 saturated carbocycles. The van der Waals surface area contributed by atoms with Crippen molar-refractivity contribution in [1.82, 2.24) is 4.72 Å². The molecule has 0 bridgehead atoms. The van der Waals surface area contributed by atoms with Crippen molar-refractivity contribution < 1.29 is 26.8 Å². The number of ketones is 1. The van der Waals surface area contributed by atoms with Crippen LogP contribution in [0.25, 0.3) is 0 Å². The Balaban J connectivity index is 2.41. The summed E-state index contributed by atoms with van der Waals surface area (Å²) in [6.07, 6.45) is -0.428. The number of aryl methyl sites for hydroxylation is 3. The lowest BCUT2D eigenvalue weighted by Crippen LogP contribution is -2.44. The van der Waals surface area contributed by atoms with Gasteiger partial charge < -0.3 is 9.05 Å². The first-order valence-corrected chi connectivity index (χ1v) is 12.6. The highest BCUT2D eigenvalue weighted by Crippen LogP contribution is 2.46. The molecule has 7 nitrogen and oxygen atoms in total. The third-order valence-electron chi connectivity index (χ3n) is 4.75. The number of sulfonamides is 1. The predicted octanol–water partition coefficient (Wildman–Crippen LogP) is 3.56. The number of carbonyl (C=O) groups is 1. The van der Waals surface area contributed by atoms with E-state index in [0.717, 1.165) is 11.1 Å². The van der Waals surface area contributed by atoms with Crippen molar-refractivity contribution in [2.75, 3.05) is 20.4 Å². The van der Waals surface area contributed by atoms with Crippen LogP contribution in [0.4, 0.5) is 0 Å². The summed E-state index contributed by atoms with van der Waals surface area (Å²) in [5.74, 6) is -0.572. The van der Waals surface area contributed by atoms with Gasteiger partial charge in [0.25, 0.3) is 0 Å². The first-order valence-electron chi connectivity index (χ1n) is 9.38. The number of Topliss-reactive ketones (excluding diaryl/α,β-unsaturated/α-hetero) is 1. The lowest BCUT2D eigenvalue weighted by molar-refractivity contribution is -0.118. The lowest BCUT2D eigenvalue weighted by Gasteiger charge is -2.21. The van der Waals surface area contributed by atoms with Gasteiger partial charge in [0, 0.05) is 14.2 Å². The highest BCUT2D eigenvalue weighted by Gasteiger charge is 2.33. The lowest BCUT2D eigenvalue weighted by atomic mass is 10.0. The molecule has 0 aliphatic rings. The van der Waals surface area contributed by atoms with E-state index in [9.17, 15) is 17.8 Å². The van der Waals surface area contributed by atoms with E-state index in [2.05, 4.69) is 4.72 Å². The fourth-order valence-electron chi connectivity index (χ4n) is 3.41. The maximum atomic E-state index is 13.2. The SMILES string of the molecule is COP(=O)(CC(=O)[C@H](Cc1ccccc1)NS(=O)(=O)c1c(C)cc(C)cc1C)OC. The molecule has 30 heavy (non-hydrogen) atoms. The Morgan fingerprint density at radius 3 is 2.07 bits per heavy atom. The molecule has 0 amide bonds. The van der Waals surface area contributed by atoms with Gasteiger partial charge in [0.1, 0.15) is 6.16 Å². The van der Waals surface area contributed by atoms with Gasteiger partial charge in [-0.1, -0.05) is 48.0 Å². The Kier molecular flexibility index (Phi) is 8.13. The summed E-state index contributed by atoms with van der Waals surface area (Å²) in [5.41, 5.74) is 2.89. The van der Waals surface area contributed by atoms with Crippen LogP contribution in [0.1, 0.15) is 22.3 Å². The monoisotopic (exact) mass is 453 g/mol. The van der Waals surface area contributed by atoms with Crippen LogP contribution >= 0.6 is 7.60 Å². The second-order valence-corrected chi connectivity index (χ2v) is 11.1. The summed E-state index contributed by atoms with van der Waals surface area (Å²) in [4.78, 5) is 13.1. The van der Waals surface area contributed by atoms with E-state index in [1.165, 1.54) is 14.2 Å². The third-order valence-corrected chi connectivity index (χ3v) is 8.34. The quantitative estimate of drug-likeness (QED) is 0.553. The molecule has 2 aromatic rings. The van der Waals surface area contributed by atoms with Crippen LogP contribution in [0.15, 0.2) is 47.4 Å². The molecule has 0 unspecified atom stereocenters. The van der Waals surface area contributed by atoms with Gasteiger partial charge >= 0.3 is 7.60 Å². The number of benzene rings is 2. The minimum absolute atomic E-state index is 0.107. The zero-order chi connectivity index (χ0) is 22.5. The number of hydrogen-bond acceptors (Lipinski definition) is 6. The van der Waals surface area contributed by atoms with E-state index in [4.69, 9.17) is 9.05 Å². The molecule has 0 aliphatic heterocycles. The third kappa shape index (κ3) is 6.09. The smallest absolute Gasteiger partial charge is 0.312 e. The van der Waals surface area contributed by atoms with Crippen LogP contribution in [0.2, 0.25) is 0 Å². The summed E-state index contributed by atoms with van der Waals surface area (Å²) in [6, 6.07) is 11.4. The maximum absolute atomic E-state index is 13.2. The highest BCUT2D eigenvalue weighted by atomic mass is 32.2. The van der Waals surface area contributed by atoms with Crippen LogP contribution in [0.3, 0.4) is 0 Å². The summed E-state index contributed by atoms with van der Waals surface area (Å²) in [6.45, 7) is 5.32. The molecule has 0 aliphatic carbocycles. The summed E-state index contributed by atoms with van der Waals surface area (Å²) in [5, 5.41) is 0. The van der Waals surface area contributed by atoms with Crippen molar-refractivity contribution in [3.63, 3.8) is 0 Å². The average molecular weight is 453 g/mol. The highest BCUT2D eigenvalue weighted by molar-refractivity contribution is 7.89. The Bertz CT molecular complexity index is 1020. The van der Waals surface area contributed by atoms with Gasteiger partial charge in [-0.05, 0) is 43.9 Å². The Hall–Kier alpha value is -1.83. The van der Waals surface area contributed by atoms with Crippen molar-refractivity contribution >= 4 is 23.4 Å². The molecule has 2 aromatic carbocycles. The molecule has 0 aromatic heterocycles. The van der Waals surface area contributed by atoms with E-state index in [1.807, 2.05) is 13.0 Å². The fourth-order valence-corrected chi connectivity index (χ4v) is 6.09. The molecular formula is C21H28NO6PS. The Morgan fingerprint density at radius 1 is 1.03 bits per heavy atom. The van der Waals surface area contributed by atoms with Crippen LogP contribution < -0.4 is 4.72 Å². The number of hydrogen-bond donors (Lipinski definition) is 1. The second kappa shape index (κ2) is 9.98. The van der Waals surface area contributed by atoms with E-state index in [-0.39, 0.29) is 11.3 Å². The summed E-state index contributed by atoms with van der Waals surface area (Å²) in [7, 11) is -5.28. The molecule has 0 fully saturated rings. The topological polar surface area (TPSA) is 98.8 Å². The van der Waals surface area contributed by atoms with E-state index in [1.54, 1.807) is 50.2 Å². The zero-order valence-electron chi connectivity index (χ0n) is 17.8. The Labute approximate surface area is 178 Å². The first kappa shape index (κ1) is 24.4. The maximum Gasteiger partial charge on any atom is 0.337 e. The second-order valence-electron chi connectivity index (χ2n) is 7.19. The standard InChI is InChI=1S/C21H28NO6PS/c1-15-11-16(2)21(17(3)12-15)30(25,26)22-19(13-18-9-7-6-8-10-18)20(23)14-29(24,27-4)28-5/h6-12,19,22H,13-14H2,1-5H3/t19-/m0/s1. The first-order chi connectivity index (χ1) is 14.0. The fraction of sp³-hybridized carbons (Fsp3) is 0.381. The van der Waals surface area contributed by atoms with Crippen LogP contribution in [0.5, 0.6) is 0 Å². The van der Waals surface area contributed by atoms with Crippen molar-refractivity contribution in [3.05, 3.63) is 64.7 Å². The van der Waals surface area contributed by atoms with Gasteiger partial charge in [0.05, 0.1) is 10.9 Å². The molecule has 0 radical (unpaired) electrons. The van der Waals surface area contributed by atoms with Gasteiger partial charge in [-0.25, -0.2) is 13.1 Å². The molecular weight excluding hydrogens is 425 g/mol. The molecule has 0 spiro atoms. The van der Waals surface area contributed by atoms with Crippen LogP contribution in [-0.2, 0) is 34.9 Å². The normalized spacial score (nSPS) is 13.2. The van der Waals surface area contributed by atoms with Gasteiger partial charge in [0.2, 0.25) is 10.0 Å². The Morgan fingerprint density at radius 2 is 1.57 bits per heavy atom. The number of nitrogens with one attached hydrogen (secondary N) is 1. The molecule has 2 rings (SSSR count). The summed E-state index contributed by atoms with van der Waals surface area (Å²) < 4.78 is 51.1. The number of rotatable bonds is 10. The van der Waals surface area contributed by atoms with Crippen molar-refractivity contribution in [2.24, 2.45) is 0 Å². The molecule has 1 N–H and O–H groups in total. The molecule has 1 atom stereocenters. The van der Waals surface area contributed by atoms with Crippen LogP contribution in [0, 0.1) is 20.8 Å². The largest absolute Gasteiger partial charge is 0.337 e. The molecule has 9 heteroatoms. The molecule has 0 heterocycles. The van der Waals surface area contributed by atoms with Crippen molar-refractivity contribution in [2.45, 2.75) is 38.1 Å². The number of carbonyl (C=O) groups excluding carboxylic acids is 1. The van der Waals surface area contributed by atoms with Crippen molar-refractivity contribution in [1.29, 1.82) is 0 Å². The van der Waals surface area contributed by atoms with Crippen molar-refractivity contribution in [3.8, 4) is 0 Å². The van der Waals surface area contributed by atoms with Gasteiger partial charge in [0.15, 0.2) is 5.78 Å². The van der Waals surface area contributed by atoms with E-state index < -0.39 is 35.6 Å².